The van der Waals surface area contributed by atoms with Crippen LogP contribution in [0.3, 0.4) is 0 Å². The molecule has 1 aliphatic carbocycles. The summed E-state index contributed by atoms with van der Waals surface area (Å²) < 4.78 is 0. The molecule has 2 rings (SSSR count). The van der Waals surface area contributed by atoms with Crippen molar-refractivity contribution in [1.82, 2.24) is 10.6 Å². The zero-order valence-electron chi connectivity index (χ0n) is 12.3. The Balaban J connectivity index is 1.76. The van der Waals surface area contributed by atoms with Gasteiger partial charge in [-0.3, -0.25) is 4.79 Å². The standard InChI is InChI=1S/C16H24N2OS/c1-3-12(2)18-16(19)11-20-15-6-4-5-13(9-15)10-17-14-7-8-14/h4-6,9,12,14,17H,3,7-8,10-11H2,1-2H3,(H,18,19). The average Bonchev–Trinajstić information content (AvgIpc) is 3.27. The molecule has 2 N–H and O–H groups in total. The Morgan fingerprint density at radius 3 is 2.95 bits per heavy atom. The third kappa shape index (κ3) is 5.55. The van der Waals surface area contributed by atoms with Gasteiger partial charge in [0, 0.05) is 23.5 Å². The molecule has 1 aliphatic rings. The molecule has 1 unspecified atom stereocenters. The van der Waals surface area contributed by atoms with Gasteiger partial charge in [0.05, 0.1) is 5.75 Å². The summed E-state index contributed by atoms with van der Waals surface area (Å²) in [5.74, 6) is 0.606. The first-order chi connectivity index (χ1) is 9.67. The van der Waals surface area contributed by atoms with Gasteiger partial charge in [0.1, 0.15) is 0 Å². The number of thioether (sulfide) groups is 1. The van der Waals surface area contributed by atoms with Crippen molar-refractivity contribution in [3.05, 3.63) is 29.8 Å². The number of amides is 1. The van der Waals surface area contributed by atoms with Crippen molar-refractivity contribution < 1.29 is 4.79 Å². The van der Waals surface area contributed by atoms with Crippen LogP contribution in [0.2, 0.25) is 0 Å². The highest BCUT2D eigenvalue weighted by Crippen LogP contribution is 2.21. The number of nitrogens with one attached hydrogen (secondary N) is 2. The zero-order valence-corrected chi connectivity index (χ0v) is 13.1. The monoisotopic (exact) mass is 292 g/mol. The van der Waals surface area contributed by atoms with Gasteiger partial charge in [0.25, 0.3) is 0 Å². The van der Waals surface area contributed by atoms with Gasteiger partial charge in [-0.05, 0) is 43.9 Å². The normalized spacial score (nSPS) is 15.9. The Bertz CT molecular complexity index is 446. The first kappa shape index (κ1) is 15.4. The lowest BCUT2D eigenvalue weighted by Gasteiger charge is -2.11. The number of carbonyl (C=O) groups is 1. The Morgan fingerprint density at radius 1 is 1.45 bits per heavy atom. The van der Waals surface area contributed by atoms with Crippen LogP contribution in [-0.4, -0.2) is 23.7 Å². The highest BCUT2D eigenvalue weighted by molar-refractivity contribution is 8.00. The van der Waals surface area contributed by atoms with E-state index in [1.54, 1.807) is 11.8 Å². The van der Waals surface area contributed by atoms with E-state index in [4.69, 9.17) is 0 Å². The fourth-order valence-corrected chi connectivity index (χ4v) is 2.65. The van der Waals surface area contributed by atoms with Crippen LogP contribution in [0.15, 0.2) is 29.2 Å². The number of rotatable bonds is 8. The lowest BCUT2D eigenvalue weighted by molar-refractivity contribution is -0.119. The van der Waals surface area contributed by atoms with Gasteiger partial charge in [0.2, 0.25) is 5.91 Å². The Hall–Kier alpha value is -1.00. The zero-order chi connectivity index (χ0) is 14.4. The van der Waals surface area contributed by atoms with Crippen molar-refractivity contribution in [2.24, 2.45) is 0 Å². The number of benzene rings is 1. The second-order valence-corrected chi connectivity index (χ2v) is 6.52. The Labute approximate surface area is 125 Å². The quantitative estimate of drug-likeness (QED) is 0.724. The van der Waals surface area contributed by atoms with Crippen LogP contribution >= 0.6 is 11.8 Å². The van der Waals surface area contributed by atoms with Gasteiger partial charge in [-0.15, -0.1) is 11.8 Å². The molecule has 4 heteroatoms. The van der Waals surface area contributed by atoms with E-state index >= 15 is 0 Å². The van der Waals surface area contributed by atoms with Crippen molar-refractivity contribution in [3.63, 3.8) is 0 Å². The summed E-state index contributed by atoms with van der Waals surface area (Å²) >= 11 is 1.61. The lowest BCUT2D eigenvalue weighted by Crippen LogP contribution is -2.33. The summed E-state index contributed by atoms with van der Waals surface area (Å²) in [6, 6.07) is 9.44. The summed E-state index contributed by atoms with van der Waals surface area (Å²) in [6.07, 6.45) is 3.59. The predicted octanol–water partition coefficient (Wildman–Crippen LogP) is 2.95. The fourth-order valence-electron chi connectivity index (χ4n) is 1.86. The molecule has 0 aromatic heterocycles. The van der Waals surface area contributed by atoms with Crippen molar-refractivity contribution in [2.45, 2.75) is 56.6 Å². The minimum Gasteiger partial charge on any atom is -0.353 e. The minimum absolute atomic E-state index is 0.117. The van der Waals surface area contributed by atoms with Gasteiger partial charge in [-0.25, -0.2) is 0 Å². The Kier molecular flexibility index (Phi) is 5.92. The maximum atomic E-state index is 11.7. The molecule has 0 aliphatic heterocycles. The molecule has 3 nitrogen and oxygen atoms in total. The van der Waals surface area contributed by atoms with E-state index in [1.165, 1.54) is 23.3 Å². The molecule has 1 fully saturated rings. The topological polar surface area (TPSA) is 41.1 Å². The molecule has 0 bridgehead atoms. The Morgan fingerprint density at radius 2 is 2.25 bits per heavy atom. The van der Waals surface area contributed by atoms with Crippen LogP contribution < -0.4 is 10.6 Å². The van der Waals surface area contributed by atoms with Gasteiger partial charge in [0.15, 0.2) is 0 Å². The van der Waals surface area contributed by atoms with E-state index in [9.17, 15) is 4.79 Å². The first-order valence-corrected chi connectivity index (χ1v) is 8.40. The third-order valence-corrected chi connectivity index (χ3v) is 4.45. The van der Waals surface area contributed by atoms with Crippen LogP contribution in [0.4, 0.5) is 0 Å². The maximum absolute atomic E-state index is 11.7. The van der Waals surface area contributed by atoms with E-state index in [-0.39, 0.29) is 11.9 Å². The number of hydrogen-bond donors (Lipinski definition) is 2. The smallest absolute Gasteiger partial charge is 0.230 e. The molecular weight excluding hydrogens is 268 g/mol. The van der Waals surface area contributed by atoms with E-state index in [2.05, 4.69) is 41.8 Å². The van der Waals surface area contributed by atoms with Crippen LogP contribution in [0.25, 0.3) is 0 Å². The molecule has 20 heavy (non-hydrogen) atoms. The highest BCUT2D eigenvalue weighted by atomic mass is 32.2. The van der Waals surface area contributed by atoms with Crippen molar-refractivity contribution in [1.29, 1.82) is 0 Å². The summed E-state index contributed by atoms with van der Waals surface area (Å²) in [7, 11) is 0. The van der Waals surface area contributed by atoms with Gasteiger partial charge in [-0.2, -0.15) is 0 Å². The largest absolute Gasteiger partial charge is 0.353 e. The molecule has 1 atom stereocenters. The molecule has 1 amide bonds. The van der Waals surface area contributed by atoms with Gasteiger partial charge < -0.3 is 10.6 Å². The molecule has 110 valence electrons. The molecule has 1 aromatic carbocycles. The lowest BCUT2D eigenvalue weighted by atomic mass is 10.2. The third-order valence-electron chi connectivity index (χ3n) is 3.46. The fraction of sp³-hybridized carbons (Fsp3) is 0.562. The van der Waals surface area contributed by atoms with E-state index in [0.717, 1.165) is 19.0 Å². The van der Waals surface area contributed by atoms with Crippen LogP contribution in [0.5, 0.6) is 0 Å². The molecule has 1 aromatic rings. The SMILES string of the molecule is CCC(C)NC(=O)CSc1cccc(CNC2CC2)c1. The summed E-state index contributed by atoms with van der Waals surface area (Å²) in [6.45, 7) is 5.04. The predicted molar refractivity (Wildman–Crippen MR) is 84.9 cm³/mol. The van der Waals surface area contributed by atoms with Crippen molar-refractivity contribution in [3.8, 4) is 0 Å². The second kappa shape index (κ2) is 7.70. The van der Waals surface area contributed by atoms with E-state index in [0.29, 0.717) is 5.75 Å². The molecular formula is C16H24N2OS. The number of carbonyl (C=O) groups excluding carboxylic acids is 1. The highest BCUT2D eigenvalue weighted by Gasteiger charge is 2.19. The van der Waals surface area contributed by atoms with Gasteiger partial charge >= 0.3 is 0 Å². The molecule has 0 spiro atoms. The van der Waals surface area contributed by atoms with E-state index < -0.39 is 0 Å². The maximum Gasteiger partial charge on any atom is 0.230 e. The second-order valence-electron chi connectivity index (χ2n) is 5.47. The molecule has 0 saturated heterocycles. The van der Waals surface area contributed by atoms with Crippen LogP contribution in [0.1, 0.15) is 38.7 Å². The number of hydrogen-bond acceptors (Lipinski definition) is 3. The average molecular weight is 292 g/mol. The molecule has 1 saturated carbocycles. The minimum atomic E-state index is 0.117. The van der Waals surface area contributed by atoms with Gasteiger partial charge in [-0.1, -0.05) is 19.1 Å². The molecule has 0 heterocycles. The molecule has 0 radical (unpaired) electrons. The first-order valence-electron chi connectivity index (χ1n) is 7.42. The van der Waals surface area contributed by atoms with Crippen LogP contribution in [-0.2, 0) is 11.3 Å². The van der Waals surface area contributed by atoms with Crippen LogP contribution in [0, 0.1) is 0 Å². The van der Waals surface area contributed by atoms with Crippen molar-refractivity contribution >= 4 is 17.7 Å². The van der Waals surface area contributed by atoms with E-state index in [1.807, 2.05) is 6.92 Å². The summed E-state index contributed by atoms with van der Waals surface area (Å²) in [4.78, 5) is 12.9. The summed E-state index contributed by atoms with van der Waals surface area (Å²) in [5.41, 5.74) is 1.30. The van der Waals surface area contributed by atoms with Crippen molar-refractivity contribution in [2.75, 3.05) is 5.75 Å². The summed E-state index contributed by atoms with van der Waals surface area (Å²) in [5, 5.41) is 6.50.